The molecule has 3 amide bonds. The first-order valence-corrected chi connectivity index (χ1v) is 9.46. The smallest absolute Gasteiger partial charge is 0.253 e. The summed E-state index contributed by atoms with van der Waals surface area (Å²) in [5.41, 5.74) is 0.207. The van der Waals surface area contributed by atoms with Crippen LogP contribution < -0.4 is 10.6 Å². The summed E-state index contributed by atoms with van der Waals surface area (Å²) in [6.45, 7) is 3.39. The van der Waals surface area contributed by atoms with Crippen molar-refractivity contribution in [2.75, 3.05) is 19.6 Å². The Balaban J connectivity index is 1.77. The highest BCUT2D eigenvalue weighted by Crippen LogP contribution is 2.25. The molecule has 2 N–H and O–H groups in total. The molecule has 6 nitrogen and oxygen atoms in total. The third-order valence-electron chi connectivity index (χ3n) is 4.28. The van der Waals surface area contributed by atoms with E-state index in [-0.39, 0.29) is 40.4 Å². The van der Waals surface area contributed by atoms with E-state index in [0.29, 0.717) is 0 Å². The van der Waals surface area contributed by atoms with Crippen molar-refractivity contribution < 1.29 is 14.4 Å². The zero-order chi connectivity index (χ0) is 19.1. The minimum Gasteiger partial charge on any atom is -0.354 e. The molecule has 0 spiro atoms. The predicted molar refractivity (Wildman–Crippen MR) is 101 cm³/mol. The van der Waals surface area contributed by atoms with Gasteiger partial charge >= 0.3 is 0 Å². The Morgan fingerprint density at radius 2 is 1.85 bits per heavy atom. The maximum atomic E-state index is 12.2. The molecule has 142 valence electrons. The number of carbonyl (C=O) groups is 3. The van der Waals surface area contributed by atoms with Crippen LogP contribution in [0.25, 0.3) is 0 Å². The van der Waals surface area contributed by atoms with Crippen LogP contribution in [0.2, 0.25) is 10.0 Å². The molecule has 0 bridgehead atoms. The Morgan fingerprint density at radius 3 is 2.54 bits per heavy atom. The Labute approximate surface area is 163 Å². The van der Waals surface area contributed by atoms with E-state index < -0.39 is 11.9 Å². The fourth-order valence-corrected chi connectivity index (χ4v) is 3.15. The molecule has 1 saturated heterocycles. The van der Waals surface area contributed by atoms with Crippen LogP contribution in [0.1, 0.15) is 43.0 Å². The summed E-state index contributed by atoms with van der Waals surface area (Å²) >= 11 is 11.9. The fourth-order valence-electron chi connectivity index (χ4n) is 2.77. The van der Waals surface area contributed by atoms with Crippen LogP contribution in [-0.4, -0.2) is 48.3 Å². The van der Waals surface area contributed by atoms with Crippen LogP contribution in [0.15, 0.2) is 18.2 Å². The number of halogens is 2. The number of rotatable bonds is 6. The molecule has 1 fully saturated rings. The first-order chi connectivity index (χ1) is 12.4. The summed E-state index contributed by atoms with van der Waals surface area (Å²) < 4.78 is 0. The summed E-state index contributed by atoms with van der Waals surface area (Å²) in [7, 11) is 0. The van der Waals surface area contributed by atoms with Crippen LogP contribution >= 0.6 is 23.2 Å². The summed E-state index contributed by atoms with van der Waals surface area (Å²) in [5.74, 6) is -0.792. The second-order valence-electron chi connectivity index (χ2n) is 6.28. The predicted octanol–water partition coefficient (Wildman–Crippen LogP) is 2.63. The molecule has 1 aromatic rings. The van der Waals surface area contributed by atoms with Gasteiger partial charge < -0.3 is 15.5 Å². The van der Waals surface area contributed by atoms with E-state index in [1.165, 1.54) is 6.07 Å². The Kier molecular flexibility index (Phi) is 7.72. The molecular formula is C18H23Cl2N3O3. The van der Waals surface area contributed by atoms with Gasteiger partial charge in [0, 0.05) is 26.1 Å². The van der Waals surface area contributed by atoms with Crippen molar-refractivity contribution >= 4 is 40.9 Å². The Hall–Kier alpha value is -1.79. The lowest BCUT2D eigenvalue weighted by atomic mass is 10.1. The normalized spacial score (nSPS) is 15.3. The first kappa shape index (κ1) is 20.5. The molecule has 2 rings (SSSR count). The van der Waals surface area contributed by atoms with E-state index in [0.717, 1.165) is 32.4 Å². The van der Waals surface area contributed by atoms with E-state index in [1.807, 2.05) is 4.90 Å². The van der Waals surface area contributed by atoms with Gasteiger partial charge in [0.25, 0.3) is 5.91 Å². The van der Waals surface area contributed by atoms with E-state index in [2.05, 4.69) is 10.6 Å². The molecule has 1 unspecified atom stereocenters. The molecule has 8 heteroatoms. The zero-order valence-corrected chi connectivity index (χ0v) is 16.2. The number of nitrogens with one attached hydrogen (secondary N) is 2. The number of nitrogens with zero attached hydrogens (tertiary/aromatic N) is 1. The van der Waals surface area contributed by atoms with Crippen molar-refractivity contribution in [3.05, 3.63) is 33.8 Å². The van der Waals surface area contributed by atoms with Gasteiger partial charge in [-0.3, -0.25) is 14.4 Å². The van der Waals surface area contributed by atoms with Crippen LogP contribution in [0, 0.1) is 0 Å². The lowest BCUT2D eigenvalue weighted by molar-refractivity contribution is -0.132. The highest BCUT2D eigenvalue weighted by atomic mass is 35.5. The monoisotopic (exact) mass is 399 g/mol. The Bertz CT molecular complexity index is 676. The van der Waals surface area contributed by atoms with Crippen LogP contribution in [0.5, 0.6) is 0 Å². The largest absolute Gasteiger partial charge is 0.354 e. The molecule has 1 heterocycles. The van der Waals surface area contributed by atoms with Gasteiger partial charge in [-0.05, 0) is 38.3 Å². The molecule has 1 aromatic carbocycles. The quantitative estimate of drug-likeness (QED) is 0.771. The van der Waals surface area contributed by atoms with Gasteiger partial charge in [-0.2, -0.15) is 0 Å². The third kappa shape index (κ3) is 5.61. The fraction of sp³-hybridized carbons (Fsp3) is 0.500. The van der Waals surface area contributed by atoms with Crippen LogP contribution in [0.4, 0.5) is 0 Å². The third-order valence-corrected chi connectivity index (χ3v) is 5.10. The first-order valence-electron chi connectivity index (χ1n) is 8.70. The van der Waals surface area contributed by atoms with Gasteiger partial charge in [-0.15, -0.1) is 0 Å². The minimum absolute atomic E-state index is 0.0485. The van der Waals surface area contributed by atoms with Crippen molar-refractivity contribution in [1.29, 1.82) is 0 Å². The summed E-state index contributed by atoms with van der Waals surface area (Å²) in [4.78, 5) is 38.2. The van der Waals surface area contributed by atoms with Crippen molar-refractivity contribution in [3.63, 3.8) is 0 Å². The molecule has 0 aliphatic carbocycles. The number of likely N-dealkylation sites (tertiary alicyclic amines) is 1. The zero-order valence-electron chi connectivity index (χ0n) is 14.7. The van der Waals surface area contributed by atoms with Crippen LogP contribution in [-0.2, 0) is 9.59 Å². The van der Waals surface area contributed by atoms with Crippen molar-refractivity contribution in [3.8, 4) is 0 Å². The topological polar surface area (TPSA) is 78.5 Å². The second-order valence-corrected chi connectivity index (χ2v) is 7.06. The van der Waals surface area contributed by atoms with Gasteiger partial charge in [-0.25, -0.2) is 0 Å². The van der Waals surface area contributed by atoms with E-state index in [1.54, 1.807) is 19.1 Å². The molecular weight excluding hydrogens is 377 g/mol. The van der Waals surface area contributed by atoms with E-state index in [4.69, 9.17) is 23.2 Å². The Morgan fingerprint density at radius 1 is 1.15 bits per heavy atom. The van der Waals surface area contributed by atoms with Crippen molar-refractivity contribution in [2.24, 2.45) is 0 Å². The van der Waals surface area contributed by atoms with Gasteiger partial charge in [0.1, 0.15) is 6.04 Å². The second kappa shape index (κ2) is 9.78. The highest BCUT2D eigenvalue weighted by Gasteiger charge is 2.20. The standard InChI is InChI=1S/C18H23Cl2N3O3/c1-12(22-18(26)13-6-5-7-14(19)16(13)20)17(25)21-9-8-15(24)23-10-3-2-4-11-23/h5-7,12H,2-4,8-11H2,1H3,(H,21,25)(H,22,26). The van der Waals surface area contributed by atoms with Crippen LogP contribution in [0.3, 0.4) is 0 Å². The summed E-state index contributed by atoms with van der Waals surface area (Å²) in [5, 5.41) is 5.67. The highest BCUT2D eigenvalue weighted by molar-refractivity contribution is 6.43. The number of amides is 3. The molecule has 1 atom stereocenters. The lowest BCUT2D eigenvalue weighted by Gasteiger charge is -2.26. The average Bonchev–Trinajstić information content (AvgIpc) is 2.64. The number of hydrogen-bond acceptors (Lipinski definition) is 3. The molecule has 0 saturated carbocycles. The maximum absolute atomic E-state index is 12.2. The number of carbonyl (C=O) groups excluding carboxylic acids is 3. The van der Waals surface area contributed by atoms with Crippen molar-refractivity contribution in [1.82, 2.24) is 15.5 Å². The van der Waals surface area contributed by atoms with E-state index in [9.17, 15) is 14.4 Å². The maximum Gasteiger partial charge on any atom is 0.253 e. The average molecular weight is 400 g/mol. The number of piperidine rings is 1. The number of hydrogen-bond donors (Lipinski definition) is 2. The molecule has 26 heavy (non-hydrogen) atoms. The minimum atomic E-state index is -0.761. The van der Waals surface area contributed by atoms with Crippen molar-refractivity contribution in [2.45, 2.75) is 38.6 Å². The van der Waals surface area contributed by atoms with Gasteiger partial charge in [0.2, 0.25) is 11.8 Å². The summed E-state index contributed by atoms with van der Waals surface area (Å²) in [6, 6.07) is 3.96. The number of benzene rings is 1. The molecule has 0 aromatic heterocycles. The SMILES string of the molecule is CC(NC(=O)c1cccc(Cl)c1Cl)C(=O)NCCC(=O)N1CCCCC1. The van der Waals surface area contributed by atoms with E-state index >= 15 is 0 Å². The lowest BCUT2D eigenvalue weighted by Crippen LogP contribution is -2.46. The molecule has 0 radical (unpaired) electrons. The molecule has 1 aliphatic heterocycles. The van der Waals surface area contributed by atoms with Gasteiger partial charge in [0.05, 0.1) is 15.6 Å². The summed E-state index contributed by atoms with van der Waals surface area (Å²) in [6.07, 6.45) is 3.49. The van der Waals surface area contributed by atoms with Gasteiger partial charge in [0.15, 0.2) is 0 Å². The molecule has 1 aliphatic rings. The van der Waals surface area contributed by atoms with Gasteiger partial charge in [-0.1, -0.05) is 29.3 Å².